The number of hydrogen-bond donors (Lipinski definition) is 0. The minimum Gasteiger partial charge on any atom is -0.497 e. The number of thiophene rings is 1. The van der Waals surface area contributed by atoms with Gasteiger partial charge in [-0.2, -0.15) is 0 Å². The second kappa shape index (κ2) is 8.50. The van der Waals surface area contributed by atoms with Gasteiger partial charge in [0.05, 0.1) is 13.0 Å². The number of carbonyl (C=O) groups is 1. The number of carbonyl (C=O) groups excluding carboxylic acids is 1. The van der Waals surface area contributed by atoms with E-state index in [-0.39, 0.29) is 11.8 Å². The molecule has 0 spiro atoms. The fraction of sp³-hybridized carbons (Fsp3) is 0.450. The first kappa shape index (κ1) is 18.0. The highest BCUT2D eigenvalue weighted by atomic mass is 32.1. The number of ether oxygens (including phenoxy) is 1. The third-order valence-corrected chi connectivity index (χ3v) is 5.83. The zero-order valence-electron chi connectivity index (χ0n) is 15.0. The van der Waals surface area contributed by atoms with E-state index in [9.17, 15) is 4.79 Å². The van der Waals surface area contributed by atoms with Crippen LogP contribution in [0.5, 0.6) is 5.75 Å². The van der Waals surface area contributed by atoms with Crippen molar-refractivity contribution in [3.63, 3.8) is 0 Å². The predicted molar refractivity (Wildman–Crippen MR) is 102 cm³/mol. The minimum atomic E-state index is -0.127. The molecule has 1 atom stereocenters. The van der Waals surface area contributed by atoms with Crippen LogP contribution in [0.4, 0.5) is 0 Å². The van der Waals surface area contributed by atoms with E-state index in [0.717, 1.165) is 50.5 Å². The van der Waals surface area contributed by atoms with Gasteiger partial charge in [0.15, 0.2) is 0 Å². The molecule has 2 heterocycles. The molecule has 0 aliphatic carbocycles. The Hall–Kier alpha value is -1.85. The molecule has 2 aromatic rings. The second-order valence-electron chi connectivity index (χ2n) is 6.37. The van der Waals surface area contributed by atoms with Crippen molar-refractivity contribution in [2.24, 2.45) is 0 Å². The lowest BCUT2D eigenvalue weighted by atomic mass is 9.93. The lowest BCUT2D eigenvalue weighted by Crippen LogP contribution is -2.50. The molecule has 1 amide bonds. The minimum absolute atomic E-state index is 0.127. The summed E-state index contributed by atoms with van der Waals surface area (Å²) in [5, 5.41) is 2.07. The molecule has 1 unspecified atom stereocenters. The second-order valence-corrected chi connectivity index (χ2v) is 7.40. The SMILES string of the molecule is CCN1CCN(C(=O)C(Cc2cccs2)c2ccc(OC)cc2)CC1. The monoisotopic (exact) mass is 358 g/mol. The molecule has 0 radical (unpaired) electrons. The molecule has 1 saturated heterocycles. The summed E-state index contributed by atoms with van der Waals surface area (Å²) in [4.78, 5) is 18.9. The van der Waals surface area contributed by atoms with Crippen LogP contribution < -0.4 is 4.74 Å². The Morgan fingerprint density at radius 2 is 1.88 bits per heavy atom. The van der Waals surface area contributed by atoms with Gasteiger partial charge >= 0.3 is 0 Å². The Morgan fingerprint density at radius 3 is 2.44 bits per heavy atom. The Balaban J connectivity index is 1.78. The molecule has 0 N–H and O–H groups in total. The summed E-state index contributed by atoms with van der Waals surface area (Å²) < 4.78 is 5.26. The topological polar surface area (TPSA) is 32.8 Å². The van der Waals surface area contributed by atoms with Crippen LogP contribution in [0.3, 0.4) is 0 Å². The molecule has 1 aliphatic rings. The largest absolute Gasteiger partial charge is 0.497 e. The quantitative estimate of drug-likeness (QED) is 0.795. The van der Waals surface area contributed by atoms with Gasteiger partial charge in [-0.15, -0.1) is 11.3 Å². The van der Waals surface area contributed by atoms with Gasteiger partial charge in [-0.25, -0.2) is 0 Å². The molecule has 25 heavy (non-hydrogen) atoms. The lowest BCUT2D eigenvalue weighted by molar-refractivity contribution is -0.134. The maximum Gasteiger partial charge on any atom is 0.230 e. The van der Waals surface area contributed by atoms with Gasteiger partial charge in [0.2, 0.25) is 5.91 Å². The standard InChI is InChI=1S/C20H26N2O2S/c1-3-21-10-12-22(13-11-21)20(23)19(15-18-5-4-14-25-18)16-6-8-17(24-2)9-7-16/h4-9,14,19H,3,10-13,15H2,1-2H3. The van der Waals surface area contributed by atoms with E-state index in [1.165, 1.54) is 4.88 Å². The third kappa shape index (κ3) is 4.41. The molecule has 0 saturated carbocycles. The zero-order chi connectivity index (χ0) is 17.6. The molecular formula is C20H26N2O2S. The third-order valence-electron chi connectivity index (χ3n) is 4.93. The van der Waals surface area contributed by atoms with Crippen molar-refractivity contribution in [1.82, 2.24) is 9.80 Å². The molecule has 1 aromatic heterocycles. The molecule has 3 rings (SSSR count). The normalized spacial score (nSPS) is 16.6. The number of piperazine rings is 1. The number of rotatable bonds is 6. The summed E-state index contributed by atoms with van der Waals surface area (Å²) >= 11 is 1.72. The fourth-order valence-corrected chi connectivity index (χ4v) is 4.07. The number of nitrogens with zero attached hydrogens (tertiary/aromatic N) is 2. The summed E-state index contributed by atoms with van der Waals surface area (Å²) in [5.74, 6) is 0.940. The van der Waals surface area contributed by atoms with Crippen molar-refractivity contribution in [2.45, 2.75) is 19.3 Å². The van der Waals surface area contributed by atoms with E-state index in [1.54, 1.807) is 18.4 Å². The first-order valence-electron chi connectivity index (χ1n) is 8.88. The number of hydrogen-bond acceptors (Lipinski definition) is 4. The van der Waals surface area contributed by atoms with Crippen LogP contribution in [0.2, 0.25) is 0 Å². The average molecular weight is 359 g/mol. The fourth-order valence-electron chi connectivity index (χ4n) is 3.32. The van der Waals surface area contributed by atoms with Crippen LogP contribution in [0.25, 0.3) is 0 Å². The maximum absolute atomic E-state index is 13.3. The molecule has 1 aromatic carbocycles. The molecule has 1 fully saturated rings. The first-order chi connectivity index (χ1) is 12.2. The Labute approximate surface area is 154 Å². The van der Waals surface area contributed by atoms with Gasteiger partial charge in [-0.05, 0) is 42.1 Å². The van der Waals surface area contributed by atoms with Crippen LogP contribution in [0.15, 0.2) is 41.8 Å². The van der Waals surface area contributed by atoms with E-state index in [1.807, 2.05) is 29.2 Å². The van der Waals surface area contributed by atoms with E-state index < -0.39 is 0 Å². The number of methoxy groups -OCH3 is 1. The summed E-state index contributed by atoms with van der Waals surface area (Å²) in [6.45, 7) is 6.81. The highest BCUT2D eigenvalue weighted by molar-refractivity contribution is 7.09. The van der Waals surface area contributed by atoms with Crippen molar-refractivity contribution < 1.29 is 9.53 Å². The van der Waals surface area contributed by atoms with Crippen LogP contribution in [0.1, 0.15) is 23.3 Å². The molecular weight excluding hydrogens is 332 g/mol. The number of benzene rings is 1. The van der Waals surface area contributed by atoms with Crippen LogP contribution >= 0.6 is 11.3 Å². The lowest BCUT2D eigenvalue weighted by Gasteiger charge is -2.36. The molecule has 134 valence electrons. The van der Waals surface area contributed by atoms with E-state index in [0.29, 0.717) is 0 Å². The van der Waals surface area contributed by atoms with Crippen molar-refractivity contribution in [1.29, 1.82) is 0 Å². The average Bonchev–Trinajstić information content (AvgIpc) is 3.19. The van der Waals surface area contributed by atoms with Gasteiger partial charge in [0, 0.05) is 31.1 Å². The van der Waals surface area contributed by atoms with Crippen molar-refractivity contribution in [3.8, 4) is 5.75 Å². The Morgan fingerprint density at radius 1 is 1.16 bits per heavy atom. The van der Waals surface area contributed by atoms with Gasteiger partial charge < -0.3 is 14.5 Å². The van der Waals surface area contributed by atoms with Crippen molar-refractivity contribution in [2.75, 3.05) is 39.8 Å². The number of amides is 1. The van der Waals surface area contributed by atoms with Crippen LogP contribution in [-0.4, -0.2) is 55.5 Å². The van der Waals surface area contributed by atoms with Gasteiger partial charge in [0.1, 0.15) is 5.75 Å². The van der Waals surface area contributed by atoms with Crippen LogP contribution in [0, 0.1) is 0 Å². The van der Waals surface area contributed by atoms with Crippen LogP contribution in [-0.2, 0) is 11.2 Å². The molecule has 5 heteroatoms. The summed E-state index contributed by atoms with van der Waals surface area (Å²) in [7, 11) is 1.66. The van der Waals surface area contributed by atoms with E-state index in [2.05, 4.69) is 29.3 Å². The van der Waals surface area contributed by atoms with E-state index in [4.69, 9.17) is 4.74 Å². The molecule has 0 bridgehead atoms. The Bertz CT molecular complexity index is 662. The van der Waals surface area contributed by atoms with Crippen molar-refractivity contribution >= 4 is 17.2 Å². The summed E-state index contributed by atoms with van der Waals surface area (Å²) in [6.07, 6.45) is 0.761. The zero-order valence-corrected chi connectivity index (χ0v) is 15.8. The van der Waals surface area contributed by atoms with Gasteiger partial charge in [-0.3, -0.25) is 4.79 Å². The number of likely N-dealkylation sites (N-methyl/N-ethyl adjacent to an activating group) is 1. The molecule has 4 nitrogen and oxygen atoms in total. The van der Waals surface area contributed by atoms with Crippen molar-refractivity contribution in [3.05, 3.63) is 52.2 Å². The van der Waals surface area contributed by atoms with Gasteiger partial charge in [-0.1, -0.05) is 25.1 Å². The Kier molecular flexibility index (Phi) is 6.10. The summed E-state index contributed by atoms with van der Waals surface area (Å²) in [6, 6.07) is 12.1. The van der Waals surface area contributed by atoms with E-state index >= 15 is 0 Å². The summed E-state index contributed by atoms with van der Waals surface area (Å²) in [5.41, 5.74) is 1.07. The highest BCUT2D eigenvalue weighted by Crippen LogP contribution is 2.27. The molecule has 1 aliphatic heterocycles. The first-order valence-corrected chi connectivity index (χ1v) is 9.76. The smallest absolute Gasteiger partial charge is 0.230 e. The maximum atomic E-state index is 13.3. The highest BCUT2D eigenvalue weighted by Gasteiger charge is 2.28. The predicted octanol–water partition coefficient (Wildman–Crippen LogP) is 3.25. The van der Waals surface area contributed by atoms with Gasteiger partial charge in [0.25, 0.3) is 0 Å².